The van der Waals surface area contributed by atoms with E-state index in [0.717, 1.165) is 11.2 Å². The first-order chi connectivity index (χ1) is 8.86. The largest absolute Gasteiger partial charge is 0.364 e. The first-order valence-corrected chi connectivity index (χ1v) is 5.39. The summed E-state index contributed by atoms with van der Waals surface area (Å²) < 4.78 is 4.77. The molecule has 0 amide bonds. The Hall–Kier alpha value is -2.64. The van der Waals surface area contributed by atoms with Crippen molar-refractivity contribution in [2.75, 3.05) is 17.7 Å². The first-order valence-electron chi connectivity index (χ1n) is 5.39. The summed E-state index contributed by atoms with van der Waals surface area (Å²) in [7, 11) is 1.76. The highest BCUT2D eigenvalue weighted by atomic mass is 16.5. The monoisotopic (exact) mass is 245 g/mol. The zero-order valence-electron chi connectivity index (χ0n) is 9.64. The number of rotatable bonds is 4. The molecule has 3 N–H and O–H groups in total. The van der Waals surface area contributed by atoms with Gasteiger partial charge in [0, 0.05) is 13.1 Å². The van der Waals surface area contributed by atoms with Gasteiger partial charge in [0.2, 0.25) is 5.95 Å². The quantitative estimate of drug-likeness (QED) is 0.629. The highest BCUT2D eigenvalue weighted by molar-refractivity contribution is 5.83. The molecule has 3 aromatic heterocycles. The summed E-state index contributed by atoms with van der Waals surface area (Å²) in [5.41, 5.74) is 2.17. The molecule has 0 aliphatic heterocycles. The molecule has 3 aromatic rings. The number of aromatic amines is 1. The van der Waals surface area contributed by atoms with E-state index in [9.17, 15) is 0 Å². The maximum atomic E-state index is 4.77. The first kappa shape index (κ1) is 10.5. The number of imidazole rings is 1. The van der Waals surface area contributed by atoms with E-state index in [2.05, 4.69) is 35.7 Å². The van der Waals surface area contributed by atoms with Crippen molar-refractivity contribution in [1.82, 2.24) is 25.1 Å². The van der Waals surface area contributed by atoms with Crippen molar-refractivity contribution < 1.29 is 4.52 Å². The van der Waals surface area contributed by atoms with Gasteiger partial charge in [-0.15, -0.1) is 0 Å². The van der Waals surface area contributed by atoms with Gasteiger partial charge in [-0.1, -0.05) is 5.16 Å². The normalized spacial score (nSPS) is 10.7. The lowest BCUT2D eigenvalue weighted by atomic mass is 10.4. The van der Waals surface area contributed by atoms with Gasteiger partial charge >= 0.3 is 0 Å². The Labute approximate surface area is 102 Å². The molecule has 0 aromatic carbocycles. The van der Waals surface area contributed by atoms with Gasteiger partial charge in [0.25, 0.3) is 0 Å². The van der Waals surface area contributed by atoms with Gasteiger partial charge in [0.1, 0.15) is 17.5 Å². The number of nitrogens with zero attached hydrogens (tertiary/aromatic N) is 4. The van der Waals surface area contributed by atoms with E-state index in [-0.39, 0.29) is 0 Å². The molecule has 0 fully saturated rings. The molecular weight excluding hydrogens is 234 g/mol. The standard InChI is InChI=1S/C10H11N7O/c1-11-10-15-8(7-9(16-10)14-5-13-7)12-4-6-2-3-18-17-6/h2-3,5H,4H2,1H3,(H3,11,12,13,14,15,16). The van der Waals surface area contributed by atoms with Crippen LogP contribution in [-0.2, 0) is 6.54 Å². The number of nitrogens with one attached hydrogen (secondary N) is 3. The third-order valence-electron chi connectivity index (χ3n) is 2.44. The third-order valence-corrected chi connectivity index (χ3v) is 2.44. The molecule has 92 valence electrons. The van der Waals surface area contributed by atoms with Gasteiger partial charge in [0.15, 0.2) is 11.5 Å². The Kier molecular flexibility index (Phi) is 2.52. The molecule has 0 saturated heterocycles. The van der Waals surface area contributed by atoms with Crippen LogP contribution in [0.4, 0.5) is 11.8 Å². The number of fused-ring (bicyclic) bond motifs is 1. The summed E-state index contributed by atoms with van der Waals surface area (Å²) in [6.45, 7) is 0.519. The van der Waals surface area contributed by atoms with Crippen LogP contribution in [0, 0.1) is 0 Å². The van der Waals surface area contributed by atoms with E-state index in [1.54, 1.807) is 19.4 Å². The van der Waals surface area contributed by atoms with Crippen molar-refractivity contribution in [2.24, 2.45) is 0 Å². The topological polar surface area (TPSA) is 105 Å². The Morgan fingerprint density at radius 2 is 2.33 bits per heavy atom. The van der Waals surface area contributed by atoms with Gasteiger partial charge in [0.05, 0.1) is 12.9 Å². The maximum Gasteiger partial charge on any atom is 0.226 e. The Bertz CT molecular complexity index is 645. The van der Waals surface area contributed by atoms with Crippen molar-refractivity contribution in [3.8, 4) is 0 Å². The molecule has 0 spiro atoms. The molecule has 0 atom stereocenters. The fraction of sp³-hybridized carbons (Fsp3) is 0.200. The van der Waals surface area contributed by atoms with Gasteiger partial charge in [-0.2, -0.15) is 9.97 Å². The molecule has 0 unspecified atom stereocenters. The average Bonchev–Trinajstić information content (AvgIpc) is 3.06. The second-order valence-corrected chi connectivity index (χ2v) is 3.59. The Morgan fingerprint density at radius 3 is 3.11 bits per heavy atom. The zero-order chi connectivity index (χ0) is 12.4. The van der Waals surface area contributed by atoms with Crippen LogP contribution in [0.1, 0.15) is 5.69 Å². The fourth-order valence-electron chi connectivity index (χ4n) is 1.58. The summed E-state index contributed by atoms with van der Waals surface area (Å²) in [6.07, 6.45) is 3.11. The number of hydrogen-bond acceptors (Lipinski definition) is 7. The van der Waals surface area contributed by atoms with Crippen LogP contribution in [0.5, 0.6) is 0 Å². The van der Waals surface area contributed by atoms with Crippen LogP contribution in [0.3, 0.4) is 0 Å². The molecule has 0 aliphatic rings. The summed E-state index contributed by atoms with van der Waals surface area (Å²) in [5.74, 6) is 1.18. The zero-order valence-corrected chi connectivity index (χ0v) is 9.64. The second kappa shape index (κ2) is 4.32. The lowest BCUT2D eigenvalue weighted by Crippen LogP contribution is -2.05. The molecule has 8 nitrogen and oxygen atoms in total. The molecule has 0 aliphatic carbocycles. The Balaban J connectivity index is 1.92. The van der Waals surface area contributed by atoms with Crippen molar-refractivity contribution in [1.29, 1.82) is 0 Å². The smallest absolute Gasteiger partial charge is 0.226 e. The van der Waals surface area contributed by atoms with E-state index in [1.165, 1.54) is 6.26 Å². The van der Waals surface area contributed by atoms with Crippen molar-refractivity contribution in [3.05, 3.63) is 24.4 Å². The molecular formula is C10H11N7O. The highest BCUT2D eigenvalue weighted by Crippen LogP contribution is 2.18. The van der Waals surface area contributed by atoms with Crippen LogP contribution in [0.2, 0.25) is 0 Å². The molecule has 3 rings (SSSR count). The molecule has 3 heterocycles. The van der Waals surface area contributed by atoms with Gasteiger partial charge in [-0.05, 0) is 0 Å². The number of aromatic nitrogens is 5. The number of hydrogen-bond donors (Lipinski definition) is 3. The molecule has 0 radical (unpaired) electrons. The third kappa shape index (κ3) is 1.83. The minimum atomic E-state index is 0.511. The lowest BCUT2D eigenvalue weighted by molar-refractivity contribution is 0.412. The Morgan fingerprint density at radius 1 is 1.39 bits per heavy atom. The second-order valence-electron chi connectivity index (χ2n) is 3.59. The molecule has 8 heteroatoms. The van der Waals surface area contributed by atoms with Gasteiger partial charge < -0.3 is 20.1 Å². The van der Waals surface area contributed by atoms with E-state index in [1.807, 2.05) is 0 Å². The summed E-state index contributed by atoms with van der Waals surface area (Å²) in [4.78, 5) is 15.7. The van der Waals surface area contributed by atoms with E-state index >= 15 is 0 Å². The average molecular weight is 245 g/mol. The maximum absolute atomic E-state index is 4.77. The molecule has 0 saturated carbocycles. The van der Waals surface area contributed by atoms with E-state index in [0.29, 0.717) is 24.0 Å². The van der Waals surface area contributed by atoms with Crippen molar-refractivity contribution >= 4 is 22.9 Å². The predicted octanol–water partition coefficient (Wildman–Crippen LogP) is 0.995. The molecule has 0 bridgehead atoms. The number of anilines is 2. The van der Waals surface area contributed by atoms with Gasteiger partial charge in [-0.3, -0.25) is 0 Å². The summed E-state index contributed by atoms with van der Waals surface area (Å²) in [6, 6.07) is 1.79. The predicted molar refractivity (Wildman–Crippen MR) is 65.1 cm³/mol. The van der Waals surface area contributed by atoms with E-state index < -0.39 is 0 Å². The summed E-state index contributed by atoms with van der Waals surface area (Å²) in [5, 5.41) is 9.88. The van der Waals surface area contributed by atoms with Crippen LogP contribution in [0.25, 0.3) is 11.2 Å². The van der Waals surface area contributed by atoms with Crippen LogP contribution in [-0.4, -0.2) is 32.1 Å². The fourth-order valence-corrected chi connectivity index (χ4v) is 1.58. The van der Waals surface area contributed by atoms with E-state index in [4.69, 9.17) is 4.52 Å². The van der Waals surface area contributed by atoms with Gasteiger partial charge in [-0.25, -0.2) is 4.98 Å². The summed E-state index contributed by atoms with van der Waals surface area (Å²) >= 11 is 0. The van der Waals surface area contributed by atoms with Crippen LogP contribution in [0.15, 0.2) is 23.2 Å². The molecule has 18 heavy (non-hydrogen) atoms. The van der Waals surface area contributed by atoms with Crippen molar-refractivity contribution in [3.63, 3.8) is 0 Å². The van der Waals surface area contributed by atoms with Crippen LogP contribution < -0.4 is 10.6 Å². The van der Waals surface area contributed by atoms with Crippen molar-refractivity contribution in [2.45, 2.75) is 6.54 Å². The number of H-pyrrole nitrogens is 1. The minimum absolute atomic E-state index is 0.511. The lowest BCUT2D eigenvalue weighted by Gasteiger charge is -2.06. The van der Waals surface area contributed by atoms with Crippen LogP contribution >= 0.6 is 0 Å². The minimum Gasteiger partial charge on any atom is -0.364 e. The SMILES string of the molecule is CNc1nc(NCc2ccon2)c2[nH]cnc2n1. The highest BCUT2D eigenvalue weighted by Gasteiger charge is 2.09.